The van der Waals surface area contributed by atoms with Crippen molar-refractivity contribution in [3.8, 4) is 0 Å². The fraction of sp³-hybridized carbons (Fsp3) is 0.500. The molecule has 0 aliphatic carbocycles. The standard InChI is InChI=1S/C12H16ClN/c1-10-11(13)6-5-7-12(10)14-8-3-2-4-9-14/h5-7H,2-4,8-9H2,1H3. The van der Waals surface area contributed by atoms with E-state index in [1.54, 1.807) is 0 Å². The van der Waals surface area contributed by atoms with E-state index in [-0.39, 0.29) is 0 Å². The van der Waals surface area contributed by atoms with Crippen molar-refractivity contribution in [1.29, 1.82) is 0 Å². The second kappa shape index (κ2) is 4.22. The molecule has 0 bridgehead atoms. The molecule has 1 aliphatic heterocycles. The fourth-order valence-electron chi connectivity index (χ4n) is 2.07. The van der Waals surface area contributed by atoms with Gasteiger partial charge in [0.05, 0.1) is 0 Å². The molecule has 0 atom stereocenters. The van der Waals surface area contributed by atoms with Crippen LogP contribution >= 0.6 is 11.6 Å². The second-order valence-corrected chi connectivity index (χ2v) is 4.34. The highest BCUT2D eigenvalue weighted by molar-refractivity contribution is 6.31. The highest BCUT2D eigenvalue weighted by atomic mass is 35.5. The van der Waals surface area contributed by atoms with Crippen LogP contribution in [0.25, 0.3) is 0 Å². The Bertz CT molecular complexity index is 316. The van der Waals surface area contributed by atoms with Gasteiger partial charge in [0.15, 0.2) is 0 Å². The molecule has 0 amide bonds. The van der Waals surface area contributed by atoms with Gasteiger partial charge in [-0.2, -0.15) is 0 Å². The third-order valence-electron chi connectivity index (χ3n) is 2.94. The molecule has 2 rings (SSSR count). The molecule has 0 unspecified atom stereocenters. The number of nitrogens with zero attached hydrogens (tertiary/aromatic N) is 1. The Hall–Kier alpha value is -0.690. The molecular weight excluding hydrogens is 194 g/mol. The zero-order valence-electron chi connectivity index (χ0n) is 8.59. The minimum Gasteiger partial charge on any atom is -0.371 e. The monoisotopic (exact) mass is 209 g/mol. The number of hydrogen-bond acceptors (Lipinski definition) is 1. The lowest BCUT2D eigenvalue weighted by Crippen LogP contribution is -2.29. The van der Waals surface area contributed by atoms with Gasteiger partial charge in [-0.25, -0.2) is 0 Å². The van der Waals surface area contributed by atoms with Gasteiger partial charge in [-0.05, 0) is 43.9 Å². The van der Waals surface area contributed by atoms with Crippen molar-refractivity contribution in [3.05, 3.63) is 28.8 Å². The fourth-order valence-corrected chi connectivity index (χ4v) is 2.24. The molecule has 14 heavy (non-hydrogen) atoms. The van der Waals surface area contributed by atoms with Gasteiger partial charge in [0, 0.05) is 23.8 Å². The summed E-state index contributed by atoms with van der Waals surface area (Å²) >= 11 is 6.11. The predicted molar refractivity (Wildman–Crippen MR) is 62.3 cm³/mol. The largest absolute Gasteiger partial charge is 0.371 e. The van der Waals surface area contributed by atoms with Gasteiger partial charge in [0.1, 0.15) is 0 Å². The maximum Gasteiger partial charge on any atom is 0.0455 e. The van der Waals surface area contributed by atoms with Crippen LogP contribution < -0.4 is 4.90 Å². The summed E-state index contributed by atoms with van der Waals surface area (Å²) < 4.78 is 0. The highest BCUT2D eigenvalue weighted by Crippen LogP contribution is 2.28. The minimum atomic E-state index is 0.882. The summed E-state index contributed by atoms with van der Waals surface area (Å²) in [5.74, 6) is 0. The number of anilines is 1. The average Bonchev–Trinajstić information content (AvgIpc) is 2.23. The summed E-state index contributed by atoms with van der Waals surface area (Å²) in [6.07, 6.45) is 3.99. The summed E-state index contributed by atoms with van der Waals surface area (Å²) in [6, 6.07) is 6.18. The van der Waals surface area contributed by atoms with Gasteiger partial charge >= 0.3 is 0 Å². The van der Waals surface area contributed by atoms with Crippen molar-refractivity contribution in [2.45, 2.75) is 26.2 Å². The lowest BCUT2D eigenvalue weighted by atomic mass is 10.1. The van der Waals surface area contributed by atoms with Crippen LogP contribution in [0.3, 0.4) is 0 Å². The van der Waals surface area contributed by atoms with Crippen molar-refractivity contribution in [2.24, 2.45) is 0 Å². The van der Waals surface area contributed by atoms with E-state index < -0.39 is 0 Å². The molecule has 1 aromatic rings. The minimum absolute atomic E-state index is 0.882. The van der Waals surface area contributed by atoms with Crippen LogP contribution in [0.1, 0.15) is 24.8 Å². The normalized spacial score (nSPS) is 17.1. The molecule has 0 spiro atoms. The quantitative estimate of drug-likeness (QED) is 0.683. The first-order valence-corrected chi connectivity index (χ1v) is 5.67. The molecule has 0 saturated carbocycles. The molecule has 1 heterocycles. The van der Waals surface area contributed by atoms with E-state index in [1.165, 1.54) is 43.6 Å². The smallest absolute Gasteiger partial charge is 0.0455 e. The van der Waals surface area contributed by atoms with Gasteiger partial charge in [-0.3, -0.25) is 0 Å². The van der Waals surface area contributed by atoms with Gasteiger partial charge < -0.3 is 4.90 Å². The SMILES string of the molecule is Cc1c(Cl)cccc1N1CCCCC1. The zero-order chi connectivity index (χ0) is 9.97. The van der Waals surface area contributed by atoms with Crippen LogP contribution in [-0.2, 0) is 0 Å². The third kappa shape index (κ3) is 1.88. The molecule has 0 radical (unpaired) electrons. The first-order valence-electron chi connectivity index (χ1n) is 5.29. The number of rotatable bonds is 1. The van der Waals surface area contributed by atoms with Crippen LogP contribution in [0.4, 0.5) is 5.69 Å². The van der Waals surface area contributed by atoms with Gasteiger partial charge in [0.2, 0.25) is 0 Å². The van der Waals surface area contributed by atoms with E-state index in [0.717, 1.165) is 5.02 Å². The molecule has 1 aliphatic rings. The molecule has 1 nitrogen and oxygen atoms in total. The molecule has 2 heteroatoms. The lowest BCUT2D eigenvalue weighted by molar-refractivity contribution is 0.577. The van der Waals surface area contributed by atoms with E-state index in [0.29, 0.717) is 0 Å². The Morgan fingerprint density at radius 3 is 2.57 bits per heavy atom. The first-order chi connectivity index (χ1) is 6.79. The van der Waals surface area contributed by atoms with E-state index in [2.05, 4.69) is 17.9 Å². The number of hydrogen-bond donors (Lipinski definition) is 0. The Labute approximate surface area is 90.7 Å². The van der Waals surface area contributed by atoms with Crippen LogP contribution in [0.15, 0.2) is 18.2 Å². The number of benzene rings is 1. The maximum atomic E-state index is 6.11. The van der Waals surface area contributed by atoms with Crippen LogP contribution in [0.5, 0.6) is 0 Å². The maximum absolute atomic E-state index is 6.11. The summed E-state index contributed by atoms with van der Waals surface area (Å²) in [6.45, 7) is 4.47. The van der Waals surface area contributed by atoms with E-state index in [4.69, 9.17) is 11.6 Å². The first kappa shape index (κ1) is 9.85. The molecular formula is C12H16ClN. The van der Waals surface area contributed by atoms with Crippen molar-refractivity contribution < 1.29 is 0 Å². The Balaban J connectivity index is 2.26. The molecule has 0 aromatic heterocycles. The van der Waals surface area contributed by atoms with Gasteiger partial charge in [-0.1, -0.05) is 17.7 Å². The molecule has 1 aromatic carbocycles. The van der Waals surface area contributed by atoms with Crippen LogP contribution in [0, 0.1) is 6.92 Å². The van der Waals surface area contributed by atoms with Crippen LogP contribution in [0.2, 0.25) is 5.02 Å². The van der Waals surface area contributed by atoms with Crippen molar-refractivity contribution in [1.82, 2.24) is 0 Å². The Morgan fingerprint density at radius 1 is 1.14 bits per heavy atom. The van der Waals surface area contributed by atoms with Gasteiger partial charge in [0.25, 0.3) is 0 Å². The lowest BCUT2D eigenvalue weighted by Gasteiger charge is -2.30. The predicted octanol–water partition coefficient (Wildman–Crippen LogP) is 3.64. The second-order valence-electron chi connectivity index (χ2n) is 3.93. The van der Waals surface area contributed by atoms with Crippen LogP contribution in [-0.4, -0.2) is 13.1 Å². The van der Waals surface area contributed by atoms with Gasteiger partial charge in [-0.15, -0.1) is 0 Å². The zero-order valence-corrected chi connectivity index (χ0v) is 9.35. The topological polar surface area (TPSA) is 3.24 Å². The Kier molecular flexibility index (Phi) is 2.97. The van der Waals surface area contributed by atoms with Crippen molar-refractivity contribution in [2.75, 3.05) is 18.0 Å². The summed E-state index contributed by atoms with van der Waals surface area (Å²) in [7, 11) is 0. The summed E-state index contributed by atoms with van der Waals surface area (Å²) in [5.41, 5.74) is 2.54. The average molecular weight is 210 g/mol. The van der Waals surface area contributed by atoms with Crippen molar-refractivity contribution >= 4 is 17.3 Å². The third-order valence-corrected chi connectivity index (χ3v) is 3.35. The Morgan fingerprint density at radius 2 is 1.86 bits per heavy atom. The van der Waals surface area contributed by atoms with E-state index in [9.17, 15) is 0 Å². The summed E-state index contributed by atoms with van der Waals surface area (Å²) in [5, 5.41) is 0.882. The van der Waals surface area contributed by atoms with Crippen molar-refractivity contribution in [3.63, 3.8) is 0 Å². The molecule has 1 fully saturated rings. The highest BCUT2D eigenvalue weighted by Gasteiger charge is 2.13. The molecule has 1 saturated heterocycles. The molecule has 0 N–H and O–H groups in total. The van der Waals surface area contributed by atoms with E-state index in [1.807, 2.05) is 12.1 Å². The number of piperidine rings is 1. The number of halogens is 1. The summed E-state index contributed by atoms with van der Waals surface area (Å²) in [4.78, 5) is 2.45. The molecule has 76 valence electrons. The van der Waals surface area contributed by atoms with E-state index >= 15 is 0 Å².